The Morgan fingerprint density at radius 1 is 0.833 bits per heavy atom. The Balaban J connectivity index is 0.000000408. The molecule has 0 aliphatic carbocycles. The molecule has 10 heteroatoms. The smallest absolute Gasteiger partial charge is 0.360 e. The highest BCUT2D eigenvalue weighted by atomic mass is 32.2. The fraction of sp³-hybridized carbons (Fsp3) is 0.211. The zero-order valence-electron chi connectivity index (χ0n) is 26.3. The largest absolute Gasteiger partial charge is 0.522 e. The molecule has 3 aromatic heterocycles. The van der Waals surface area contributed by atoms with Crippen LogP contribution in [-0.2, 0) is 36.0 Å². The Kier molecular flexibility index (Phi) is 8.17. The van der Waals surface area contributed by atoms with Gasteiger partial charge in [0, 0.05) is 59.1 Å². The zero-order valence-corrected chi connectivity index (χ0v) is 27.1. The first-order chi connectivity index (χ1) is 23.0. The summed E-state index contributed by atoms with van der Waals surface area (Å²) in [7, 11) is -5.84. The van der Waals surface area contributed by atoms with Gasteiger partial charge in [-0.05, 0) is 66.3 Å². The molecule has 48 heavy (non-hydrogen) atoms. The fourth-order valence-electron chi connectivity index (χ4n) is 7.09. The van der Waals surface area contributed by atoms with E-state index in [1.807, 2.05) is 0 Å². The number of hydrogen-bond acceptors (Lipinski definition) is 2. The van der Waals surface area contributed by atoms with Crippen molar-refractivity contribution in [3.8, 4) is 22.5 Å². The van der Waals surface area contributed by atoms with Gasteiger partial charge in [0.25, 0.3) is 0 Å². The van der Waals surface area contributed by atoms with E-state index in [1.165, 1.54) is 72.1 Å². The van der Waals surface area contributed by atoms with Crippen LogP contribution in [0, 0.1) is 6.92 Å². The van der Waals surface area contributed by atoms with E-state index in [1.54, 1.807) is 0 Å². The van der Waals surface area contributed by atoms with Gasteiger partial charge in [0.05, 0.1) is 11.1 Å². The van der Waals surface area contributed by atoms with E-state index >= 15 is 0 Å². The maximum absolute atomic E-state index is 10.7. The van der Waals surface area contributed by atoms with Crippen molar-refractivity contribution in [1.29, 1.82) is 0 Å². The lowest BCUT2D eigenvalue weighted by Crippen LogP contribution is -2.38. The van der Waals surface area contributed by atoms with Crippen LogP contribution in [0.4, 0.5) is 13.2 Å². The lowest BCUT2D eigenvalue weighted by molar-refractivity contribution is -0.686. The van der Waals surface area contributed by atoms with Crippen LogP contribution < -0.4 is 9.13 Å². The Bertz CT molecular complexity index is 2340. The van der Waals surface area contributed by atoms with E-state index in [2.05, 4.69) is 124 Å². The number of aryl methyl sites for hydroxylation is 5. The van der Waals surface area contributed by atoms with E-state index in [9.17, 15) is 13.2 Å². The molecule has 0 bridgehead atoms. The van der Waals surface area contributed by atoms with Crippen molar-refractivity contribution in [3.05, 3.63) is 119 Å². The number of nitrogens with one attached hydrogen (secondary N) is 1. The number of aromatic amines is 1. The standard InChI is InChI=1S/C37H32N3.CHF3O3S/c1-25-9-6-13-31-30(24-38-36(25)31)19-18-29-23-28-10-2-3-14-32(28)40-22-8-12-27-17-16-26-11-7-21-39-20-5-4-15-33(39)34(26)35(27)37(29)40;2-1(3,4)8(5,6)7/h2-6,9-10,13-20,23-24H,7-8,11-12,21-22H2,1H3;(H,5,6,7)/q+1;/p+1. The highest BCUT2D eigenvalue weighted by Gasteiger charge is 2.44. The van der Waals surface area contributed by atoms with Crippen molar-refractivity contribution >= 4 is 44.1 Å². The number of alkyl halides is 3. The lowest BCUT2D eigenvalue weighted by Gasteiger charge is -2.15. The Morgan fingerprint density at radius 3 is 2.29 bits per heavy atom. The monoisotopic (exact) mass is 669 g/mol. The fourth-order valence-corrected chi connectivity index (χ4v) is 7.09. The Morgan fingerprint density at radius 2 is 1.52 bits per heavy atom. The lowest BCUT2D eigenvalue weighted by atomic mass is 9.87. The van der Waals surface area contributed by atoms with E-state index in [-0.39, 0.29) is 0 Å². The molecule has 3 aromatic carbocycles. The predicted octanol–water partition coefficient (Wildman–Crippen LogP) is 8.00. The van der Waals surface area contributed by atoms with Gasteiger partial charge in [-0.2, -0.15) is 30.7 Å². The van der Waals surface area contributed by atoms with Gasteiger partial charge in [-0.15, -0.1) is 0 Å². The summed E-state index contributed by atoms with van der Waals surface area (Å²) in [6.07, 6.45) is 13.6. The van der Waals surface area contributed by atoms with Crippen LogP contribution in [-0.4, -0.2) is 23.5 Å². The molecule has 0 radical (unpaired) electrons. The second kappa shape index (κ2) is 12.3. The molecule has 0 unspecified atom stereocenters. The maximum Gasteiger partial charge on any atom is 0.522 e. The van der Waals surface area contributed by atoms with Crippen molar-refractivity contribution in [1.82, 2.24) is 4.98 Å². The number of fused-ring (bicyclic) bond motifs is 10. The van der Waals surface area contributed by atoms with Crippen LogP contribution in [0.3, 0.4) is 0 Å². The zero-order chi connectivity index (χ0) is 33.6. The van der Waals surface area contributed by atoms with Gasteiger partial charge in [-0.25, -0.2) is 0 Å². The first kappa shape index (κ1) is 31.8. The van der Waals surface area contributed by atoms with Crippen LogP contribution in [0.2, 0.25) is 0 Å². The van der Waals surface area contributed by atoms with Crippen molar-refractivity contribution in [2.45, 2.75) is 51.2 Å². The van der Waals surface area contributed by atoms with Crippen molar-refractivity contribution < 1.29 is 35.3 Å². The molecule has 0 amide bonds. The summed E-state index contributed by atoms with van der Waals surface area (Å²) in [5, 5.41) is 2.57. The summed E-state index contributed by atoms with van der Waals surface area (Å²) in [4.78, 5) is 3.51. The van der Waals surface area contributed by atoms with E-state index < -0.39 is 15.6 Å². The molecule has 6 nitrogen and oxygen atoms in total. The second-order valence-corrected chi connectivity index (χ2v) is 13.7. The molecule has 5 heterocycles. The van der Waals surface area contributed by atoms with Gasteiger partial charge in [-0.1, -0.05) is 48.5 Å². The topological polar surface area (TPSA) is 77.9 Å². The third-order valence-electron chi connectivity index (χ3n) is 9.26. The number of H-pyrrole nitrogens is 1. The highest BCUT2D eigenvalue weighted by Crippen LogP contribution is 2.41. The number of hydrogen-bond donors (Lipinski definition) is 2. The number of benzene rings is 3. The molecule has 8 rings (SSSR count). The summed E-state index contributed by atoms with van der Waals surface area (Å²) in [6.45, 7) is 4.25. The Hall–Kier alpha value is -4.80. The average Bonchev–Trinajstić information content (AvgIpc) is 3.25. The van der Waals surface area contributed by atoms with Gasteiger partial charge in [0.15, 0.2) is 6.20 Å². The molecule has 0 spiro atoms. The van der Waals surface area contributed by atoms with E-state index in [0.29, 0.717) is 0 Å². The maximum atomic E-state index is 10.7. The molecule has 2 aliphatic heterocycles. The van der Waals surface area contributed by atoms with Crippen LogP contribution >= 0.6 is 0 Å². The summed E-state index contributed by atoms with van der Waals surface area (Å²) in [6, 6.07) is 29.4. The quantitative estimate of drug-likeness (QED) is 0.112. The van der Waals surface area contributed by atoms with Crippen LogP contribution in [0.5, 0.6) is 0 Å². The molecule has 6 aromatic rings. The molecule has 244 valence electrons. The van der Waals surface area contributed by atoms with Crippen molar-refractivity contribution in [2.24, 2.45) is 0 Å². The van der Waals surface area contributed by atoms with Gasteiger partial charge in [0.1, 0.15) is 13.1 Å². The number of pyridine rings is 2. The first-order valence-electron chi connectivity index (χ1n) is 15.9. The summed E-state index contributed by atoms with van der Waals surface area (Å²) < 4.78 is 62.6. The van der Waals surface area contributed by atoms with E-state index in [4.69, 9.17) is 13.0 Å². The molecule has 0 fully saturated rings. The van der Waals surface area contributed by atoms with Gasteiger partial charge in [-0.3, -0.25) is 4.55 Å². The van der Waals surface area contributed by atoms with Crippen LogP contribution in [0.25, 0.3) is 56.5 Å². The Labute approximate surface area is 276 Å². The summed E-state index contributed by atoms with van der Waals surface area (Å²) in [5.74, 6) is 0. The van der Waals surface area contributed by atoms with Crippen molar-refractivity contribution in [2.75, 3.05) is 0 Å². The summed E-state index contributed by atoms with van der Waals surface area (Å²) in [5.41, 5.74) is 9.29. The second-order valence-electron chi connectivity index (χ2n) is 12.3. The predicted molar refractivity (Wildman–Crippen MR) is 181 cm³/mol. The number of aromatic nitrogens is 3. The SMILES string of the molecule is Cc1cccc2c(/C=C/c3cc4ccccc4[n+]4c3-c3c(ccc5c3-c3cccc[n+]3CCC5)CCC4)c[nH]c12.O=S(=O)(O)C(F)(F)F. The van der Waals surface area contributed by atoms with Gasteiger partial charge < -0.3 is 4.98 Å². The van der Waals surface area contributed by atoms with E-state index in [0.717, 1.165) is 38.8 Å². The van der Waals surface area contributed by atoms with Crippen LogP contribution in [0.15, 0.2) is 91.3 Å². The molecular weight excluding hydrogens is 635 g/mol. The average molecular weight is 670 g/mol. The van der Waals surface area contributed by atoms with Gasteiger partial charge in [0.2, 0.25) is 16.9 Å². The number of halogens is 3. The third kappa shape index (κ3) is 5.79. The minimum Gasteiger partial charge on any atom is -0.360 e. The number of nitrogens with zero attached hydrogens (tertiary/aromatic N) is 2. The molecule has 0 atom stereocenters. The summed E-state index contributed by atoms with van der Waals surface area (Å²) >= 11 is 0. The number of rotatable bonds is 2. The van der Waals surface area contributed by atoms with Crippen LogP contribution in [0.1, 0.15) is 40.7 Å². The van der Waals surface area contributed by atoms with Crippen molar-refractivity contribution in [3.63, 3.8) is 0 Å². The minimum atomic E-state index is -5.84. The highest BCUT2D eigenvalue weighted by molar-refractivity contribution is 7.86. The van der Waals surface area contributed by atoms with Gasteiger partial charge >= 0.3 is 15.6 Å². The minimum absolute atomic E-state index is 1.02. The number of para-hydroxylation sites is 2. The normalized spacial score (nSPS) is 14.4. The molecule has 2 aliphatic rings. The molecular formula is C38H34F3N3O3S+2. The first-order valence-corrected chi connectivity index (χ1v) is 17.3. The molecule has 0 saturated heterocycles. The third-order valence-corrected chi connectivity index (χ3v) is 9.84. The molecule has 0 saturated carbocycles. The molecule has 2 N–H and O–H groups in total.